The van der Waals surface area contributed by atoms with E-state index >= 15 is 0 Å². The van der Waals surface area contributed by atoms with Gasteiger partial charge in [0.25, 0.3) is 0 Å². The second kappa shape index (κ2) is 8.34. The van der Waals surface area contributed by atoms with E-state index in [0.717, 1.165) is 18.1 Å². The number of aromatic nitrogens is 1. The predicted octanol–water partition coefficient (Wildman–Crippen LogP) is 1.80. The highest BCUT2D eigenvalue weighted by Gasteiger charge is 2.01. The first kappa shape index (κ1) is 15.3. The maximum Gasteiger partial charge on any atom is 0.213 e. The highest BCUT2D eigenvalue weighted by Crippen LogP contribution is 2.08. The molecular formula is C14H24N4O. The quantitative estimate of drug-likeness (QED) is 0.607. The summed E-state index contributed by atoms with van der Waals surface area (Å²) in [6.07, 6.45) is 1.76. The fraction of sp³-hybridized carbons (Fsp3) is 0.571. The Morgan fingerprint density at radius 3 is 2.84 bits per heavy atom. The molecule has 0 amide bonds. The maximum atomic E-state index is 5.37. The van der Waals surface area contributed by atoms with E-state index in [9.17, 15) is 0 Å². The Morgan fingerprint density at radius 2 is 2.21 bits per heavy atom. The third-order valence-corrected chi connectivity index (χ3v) is 2.45. The lowest BCUT2D eigenvalue weighted by atomic mass is 10.2. The van der Waals surface area contributed by atoms with Crippen molar-refractivity contribution in [1.29, 1.82) is 0 Å². The molecule has 19 heavy (non-hydrogen) atoms. The minimum Gasteiger partial charge on any atom is -0.478 e. The van der Waals surface area contributed by atoms with E-state index in [1.54, 1.807) is 13.2 Å². The summed E-state index contributed by atoms with van der Waals surface area (Å²) >= 11 is 0. The average molecular weight is 264 g/mol. The predicted molar refractivity (Wildman–Crippen MR) is 78.4 cm³/mol. The number of aliphatic imine (C=N–C) groups is 1. The summed E-state index contributed by atoms with van der Waals surface area (Å²) in [6.45, 7) is 8.50. The van der Waals surface area contributed by atoms with Gasteiger partial charge in [-0.3, -0.25) is 4.99 Å². The third-order valence-electron chi connectivity index (χ3n) is 2.45. The fourth-order valence-corrected chi connectivity index (χ4v) is 1.49. The molecule has 0 aromatic carbocycles. The molecular weight excluding hydrogens is 240 g/mol. The Hall–Kier alpha value is -1.78. The van der Waals surface area contributed by atoms with Crippen molar-refractivity contribution >= 4 is 5.96 Å². The first-order valence-electron chi connectivity index (χ1n) is 6.68. The molecule has 0 spiro atoms. The molecule has 1 heterocycles. The molecule has 5 heteroatoms. The second-order valence-electron chi connectivity index (χ2n) is 4.64. The number of guanidine groups is 1. The molecule has 0 saturated heterocycles. The van der Waals surface area contributed by atoms with E-state index in [1.165, 1.54) is 0 Å². The van der Waals surface area contributed by atoms with Crippen molar-refractivity contribution in [3.8, 4) is 5.88 Å². The lowest BCUT2D eigenvalue weighted by Gasteiger charge is -2.13. The highest BCUT2D eigenvalue weighted by atomic mass is 16.5. The maximum absolute atomic E-state index is 5.37. The average Bonchev–Trinajstić information content (AvgIpc) is 2.39. The number of hydrogen-bond acceptors (Lipinski definition) is 3. The summed E-state index contributed by atoms with van der Waals surface area (Å²) in [6, 6.07) is 3.90. The summed E-state index contributed by atoms with van der Waals surface area (Å²) in [5, 5.41) is 6.54. The number of hydrogen-bond donors (Lipinski definition) is 2. The molecule has 0 aliphatic rings. The summed E-state index contributed by atoms with van der Waals surface area (Å²) in [7, 11) is 1.77. The van der Waals surface area contributed by atoms with Crippen LogP contribution in [0.2, 0.25) is 0 Å². The largest absolute Gasteiger partial charge is 0.478 e. The van der Waals surface area contributed by atoms with Crippen molar-refractivity contribution in [2.75, 3.05) is 20.2 Å². The normalized spacial score (nSPS) is 11.5. The van der Waals surface area contributed by atoms with Gasteiger partial charge in [0.15, 0.2) is 5.96 Å². The van der Waals surface area contributed by atoms with Crippen LogP contribution in [0.15, 0.2) is 23.3 Å². The van der Waals surface area contributed by atoms with Gasteiger partial charge in [-0.05, 0) is 24.5 Å². The molecule has 0 aliphatic carbocycles. The molecule has 2 N–H and O–H groups in total. The van der Waals surface area contributed by atoms with Gasteiger partial charge in [0.1, 0.15) is 0 Å². The summed E-state index contributed by atoms with van der Waals surface area (Å²) < 4.78 is 5.37. The first-order chi connectivity index (χ1) is 9.15. The topological polar surface area (TPSA) is 58.5 Å². The third kappa shape index (κ3) is 6.08. The van der Waals surface area contributed by atoms with Crippen LogP contribution in [0.5, 0.6) is 5.88 Å². The van der Waals surface area contributed by atoms with Gasteiger partial charge < -0.3 is 15.4 Å². The molecule has 0 radical (unpaired) electrons. The van der Waals surface area contributed by atoms with Gasteiger partial charge in [-0.2, -0.15) is 0 Å². The monoisotopic (exact) mass is 264 g/mol. The zero-order valence-electron chi connectivity index (χ0n) is 12.2. The van der Waals surface area contributed by atoms with Crippen molar-refractivity contribution in [3.05, 3.63) is 23.9 Å². The fourth-order valence-electron chi connectivity index (χ4n) is 1.49. The van der Waals surface area contributed by atoms with Crippen LogP contribution >= 0.6 is 0 Å². The lowest BCUT2D eigenvalue weighted by Crippen LogP contribution is -2.38. The van der Waals surface area contributed by atoms with E-state index in [0.29, 0.717) is 24.9 Å². The first-order valence-corrected chi connectivity index (χ1v) is 6.68. The smallest absolute Gasteiger partial charge is 0.213 e. The van der Waals surface area contributed by atoms with Gasteiger partial charge in [-0.1, -0.05) is 13.8 Å². The molecule has 0 aliphatic heterocycles. The zero-order valence-corrected chi connectivity index (χ0v) is 12.2. The SMILES string of the molecule is CCOc1cc(CNC(=NC)NCC(C)C)ccn1. The van der Waals surface area contributed by atoms with Crippen LogP contribution in [-0.4, -0.2) is 31.1 Å². The van der Waals surface area contributed by atoms with Crippen LogP contribution in [0.1, 0.15) is 26.3 Å². The molecule has 5 nitrogen and oxygen atoms in total. The van der Waals surface area contributed by atoms with E-state index in [-0.39, 0.29) is 0 Å². The van der Waals surface area contributed by atoms with E-state index in [2.05, 4.69) is 34.5 Å². The van der Waals surface area contributed by atoms with E-state index in [1.807, 2.05) is 19.1 Å². The number of nitrogens with one attached hydrogen (secondary N) is 2. The van der Waals surface area contributed by atoms with Crippen molar-refractivity contribution in [1.82, 2.24) is 15.6 Å². The number of ether oxygens (including phenoxy) is 1. The number of nitrogens with zero attached hydrogens (tertiary/aromatic N) is 2. The Morgan fingerprint density at radius 1 is 1.42 bits per heavy atom. The summed E-state index contributed by atoms with van der Waals surface area (Å²) in [5.41, 5.74) is 1.12. The molecule has 1 aromatic heterocycles. The van der Waals surface area contributed by atoms with Crippen LogP contribution in [-0.2, 0) is 6.54 Å². The Balaban J connectivity index is 2.48. The number of pyridine rings is 1. The van der Waals surface area contributed by atoms with Gasteiger partial charge in [0.05, 0.1) is 6.61 Å². The van der Waals surface area contributed by atoms with Gasteiger partial charge in [0, 0.05) is 32.4 Å². The van der Waals surface area contributed by atoms with Crippen LogP contribution in [0.25, 0.3) is 0 Å². The van der Waals surface area contributed by atoms with Gasteiger partial charge in [-0.15, -0.1) is 0 Å². The van der Waals surface area contributed by atoms with E-state index < -0.39 is 0 Å². The molecule has 0 saturated carbocycles. The molecule has 1 rings (SSSR count). The van der Waals surface area contributed by atoms with Crippen LogP contribution in [0, 0.1) is 5.92 Å². The van der Waals surface area contributed by atoms with Crippen LogP contribution < -0.4 is 15.4 Å². The molecule has 0 unspecified atom stereocenters. The van der Waals surface area contributed by atoms with Gasteiger partial charge in [0.2, 0.25) is 5.88 Å². The van der Waals surface area contributed by atoms with Crippen molar-refractivity contribution in [2.24, 2.45) is 10.9 Å². The van der Waals surface area contributed by atoms with Gasteiger partial charge in [-0.25, -0.2) is 4.98 Å². The summed E-state index contributed by atoms with van der Waals surface area (Å²) in [4.78, 5) is 8.32. The molecule has 1 aromatic rings. The molecule has 106 valence electrons. The zero-order chi connectivity index (χ0) is 14.1. The van der Waals surface area contributed by atoms with Crippen molar-refractivity contribution in [3.63, 3.8) is 0 Å². The molecule has 0 bridgehead atoms. The molecule has 0 atom stereocenters. The van der Waals surface area contributed by atoms with E-state index in [4.69, 9.17) is 4.74 Å². The van der Waals surface area contributed by atoms with Gasteiger partial charge >= 0.3 is 0 Å². The standard InChI is InChI=1S/C14H24N4O/c1-5-19-13-8-12(6-7-16-13)10-18-14(15-4)17-9-11(2)3/h6-8,11H,5,9-10H2,1-4H3,(H2,15,17,18). The molecule has 0 fully saturated rings. The number of rotatable bonds is 6. The van der Waals surface area contributed by atoms with Crippen molar-refractivity contribution < 1.29 is 4.74 Å². The Kier molecular flexibility index (Phi) is 6.71. The Bertz CT molecular complexity index is 404. The Labute approximate surface area is 115 Å². The highest BCUT2D eigenvalue weighted by molar-refractivity contribution is 5.79. The second-order valence-corrected chi connectivity index (χ2v) is 4.64. The minimum atomic E-state index is 0.587. The minimum absolute atomic E-state index is 0.587. The van der Waals surface area contributed by atoms with Crippen LogP contribution in [0.4, 0.5) is 0 Å². The van der Waals surface area contributed by atoms with Crippen LogP contribution in [0.3, 0.4) is 0 Å². The lowest BCUT2D eigenvalue weighted by molar-refractivity contribution is 0.326. The van der Waals surface area contributed by atoms with Crippen molar-refractivity contribution in [2.45, 2.75) is 27.3 Å². The summed E-state index contributed by atoms with van der Waals surface area (Å²) in [5.74, 6) is 2.06.